The van der Waals surface area contributed by atoms with Crippen LogP contribution in [0.5, 0.6) is 0 Å². The number of hydrogen-bond acceptors (Lipinski definition) is 2. The molecule has 2 rings (SSSR count). The van der Waals surface area contributed by atoms with Crippen molar-refractivity contribution in [2.24, 2.45) is 11.1 Å². The Bertz CT molecular complexity index is 378. The fraction of sp³-hybridized carbons (Fsp3) is 0.692. The molecule has 1 unspecified atom stereocenters. The number of hydrogen-bond donors (Lipinski definition) is 1. The first-order chi connectivity index (χ1) is 8.28. The molecule has 1 atom stereocenters. The van der Waals surface area contributed by atoms with Crippen molar-refractivity contribution in [2.75, 3.05) is 19.6 Å². The van der Waals surface area contributed by atoms with Crippen molar-refractivity contribution in [3.8, 4) is 0 Å². The van der Waals surface area contributed by atoms with Gasteiger partial charge in [-0.15, -0.1) is 0 Å². The number of alkyl halides is 3. The number of nitrogens with two attached hydrogens (primary N) is 1. The summed E-state index contributed by atoms with van der Waals surface area (Å²) in [5, 5.41) is 0. The van der Waals surface area contributed by atoms with Crippen molar-refractivity contribution in [1.29, 1.82) is 0 Å². The molecule has 0 aromatic heterocycles. The molecule has 2 nitrogen and oxygen atoms in total. The maximum absolute atomic E-state index is 12.8. The fourth-order valence-corrected chi connectivity index (χ4v) is 2.90. The molecule has 18 heavy (non-hydrogen) atoms. The Morgan fingerprint density at radius 3 is 2.50 bits per heavy atom. The van der Waals surface area contributed by atoms with Crippen LogP contribution in [0.25, 0.3) is 0 Å². The van der Waals surface area contributed by atoms with Gasteiger partial charge in [0, 0.05) is 17.7 Å². The highest BCUT2D eigenvalue weighted by Gasteiger charge is 2.38. The van der Waals surface area contributed by atoms with Crippen LogP contribution in [0, 0.1) is 5.41 Å². The molecule has 0 radical (unpaired) electrons. The average Bonchev–Trinajstić information content (AvgIpc) is 2.66. The van der Waals surface area contributed by atoms with E-state index in [9.17, 15) is 13.2 Å². The van der Waals surface area contributed by atoms with Gasteiger partial charge in [0.05, 0.1) is 5.57 Å². The van der Waals surface area contributed by atoms with Gasteiger partial charge in [-0.25, -0.2) is 0 Å². The van der Waals surface area contributed by atoms with Crippen LogP contribution in [0.3, 0.4) is 0 Å². The number of nitrogens with zero attached hydrogens (tertiary/aromatic N) is 1. The minimum Gasteiger partial charge on any atom is -0.402 e. The maximum Gasteiger partial charge on any atom is 0.416 e. The Morgan fingerprint density at radius 1 is 1.33 bits per heavy atom. The Balaban J connectivity index is 2.17. The van der Waals surface area contributed by atoms with E-state index in [0.717, 1.165) is 32.0 Å². The smallest absolute Gasteiger partial charge is 0.402 e. The van der Waals surface area contributed by atoms with Gasteiger partial charge in [-0.1, -0.05) is 13.0 Å². The lowest BCUT2D eigenvalue weighted by molar-refractivity contribution is -0.0896. The predicted octanol–water partition coefficient (Wildman–Crippen LogP) is 2.82. The van der Waals surface area contributed by atoms with Gasteiger partial charge in [-0.3, -0.25) is 0 Å². The molecule has 0 amide bonds. The van der Waals surface area contributed by atoms with Crippen molar-refractivity contribution in [2.45, 2.75) is 32.4 Å². The van der Waals surface area contributed by atoms with Gasteiger partial charge in [0.15, 0.2) is 0 Å². The quantitative estimate of drug-likeness (QED) is 0.827. The lowest BCUT2D eigenvalue weighted by atomic mass is 9.79. The van der Waals surface area contributed by atoms with Gasteiger partial charge in [0.1, 0.15) is 0 Å². The zero-order valence-corrected chi connectivity index (χ0v) is 10.6. The summed E-state index contributed by atoms with van der Waals surface area (Å²) in [4.78, 5) is 2.23. The van der Waals surface area contributed by atoms with Crippen LogP contribution in [-0.4, -0.2) is 30.7 Å². The summed E-state index contributed by atoms with van der Waals surface area (Å²) >= 11 is 0. The van der Waals surface area contributed by atoms with E-state index in [-0.39, 0.29) is 0 Å². The van der Waals surface area contributed by atoms with Crippen LogP contribution in [-0.2, 0) is 0 Å². The second-order valence-corrected chi connectivity index (χ2v) is 5.63. The van der Waals surface area contributed by atoms with Crippen LogP contribution in [0.2, 0.25) is 0 Å². The van der Waals surface area contributed by atoms with Gasteiger partial charge in [-0.05, 0) is 38.4 Å². The fourth-order valence-electron chi connectivity index (χ4n) is 2.90. The van der Waals surface area contributed by atoms with Gasteiger partial charge < -0.3 is 10.6 Å². The highest BCUT2D eigenvalue weighted by atomic mass is 19.4. The predicted molar refractivity (Wildman–Crippen MR) is 64.8 cm³/mol. The largest absolute Gasteiger partial charge is 0.416 e. The summed E-state index contributed by atoms with van der Waals surface area (Å²) in [5.74, 6) is 0. The van der Waals surface area contributed by atoms with E-state index in [1.54, 1.807) is 0 Å². The summed E-state index contributed by atoms with van der Waals surface area (Å²) in [6.45, 7) is 4.47. The van der Waals surface area contributed by atoms with Crippen molar-refractivity contribution < 1.29 is 13.2 Å². The molecule has 2 aliphatic rings. The molecule has 1 aliphatic heterocycles. The molecule has 5 heteroatoms. The molecule has 1 aliphatic carbocycles. The van der Waals surface area contributed by atoms with Gasteiger partial charge in [0.25, 0.3) is 0 Å². The lowest BCUT2D eigenvalue weighted by Gasteiger charge is -2.34. The molecule has 102 valence electrons. The topological polar surface area (TPSA) is 29.3 Å². The van der Waals surface area contributed by atoms with Gasteiger partial charge in [0.2, 0.25) is 0 Å². The van der Waals surface area contributed by atoms with E-state index in [4.69, 9.17) is 5.73 Å². The van der Waals surface area contributed by atoms with Gasteiger partial charge >= 0.3 is 6.18 Å². The molecule has 0 spiro atoms. The monoisotopic (exact) mass is 260 g/mol. The molecular formula is C13H19F3N2. The standard InChI is InChI=1S/C13H19F3N2/c1-12(9-18-4-2-3-5-18)7-10(13(14,15)16)6-11(17)8-12/h6-7H,2-5,8-9,17H2,1H3. The number of rotatable bonds is 2. The summed E-state index contributed by atoms with van der Waals surface area (Å²) < 4.78 is 38.4. The van der Waals surface area contributed by atoms with Crippen LogP contribution < -0.4 is 5.73 Å². The van der Waals surface area contributed by atoms with Crippen LogP contribution in [0.15, 0.2) is 23.4 Å². The molecule has 2 N–H and O–H groups in total. The second kappa shape index (κ2) is 4.61. The van der Waals surface area contributed by atoms with Crippen molar-refractivity contribution in [3.05, 3.63) is 23.4 Å². The zero-order chi connectivity index (χ0) is 13.4. The van der Waals surface area contributed by atoms with Crippen molar-refractivity contribution in [1.82, 2.24) is 4.90 Å². The van der Waals surface area contributed by atoms with E-state index in [2.05, 4.69) is 4.90 Å². The molecule has 0 aromatic rings. The minimum absolute atomic E-state index is 0.325. The Hall–Kier alpha value is -0.970. The minimum atomic E-state index is -4.31. The second-order valence-electron chi connectivity index (χ2n) is 5.63. The highest BCUT2D eigenvalue weighted by Crippen LogP contribution is 2.39. The molecule has 0 bridgehead atoms. The highest BCUT2D eigenvalue weighted by molar-refractivity contribution is 5.34. The summed E-state index contributed by atoms with van der Waals surface area (Å²) in [7, 11) is 0. The first-order valence-corrected chi connectivity index (χ1v) is 6.27. The zero-order valence-electron chi connectivity index (χ0n) is 10.6. The molecule has 1 heterocycles. The van der Waals surface area contributed by atoms with Gasteiger partial charge in [-0.2, -0.15) is 13.2 Å². The van der Waals surface area contributed by atoms with Crippen LogP contribution >= 0.6 is 0 Å². The molecule has 1 saturated heterocycles. The third-order valence-electron chi connectivity index (χ3n) is 3.56. The Kier molecular flexibility index (Phi) is 3.45. The average molecular weight is 260 g/mol. The molecule has 1 fully saturated rings. The number of halogens is 3. The third kappa shape index (κ3) is 3.07. The van der Waals surface area contributed by atoms with E-state index in [0.29, 0.717) is 18.7 Å². The normalized spacial score (nSPS) is 30.2. The van der Waals surface area contributed by atoms with E-state index in [1.165, 1.54) is 6.08 Å². The first-order valence-electron chi connectivity index (χ1n) is 6.27. The van der Waals surface area contributed by atoms with Crippen molar-refractivity contribution in [3.63, 3.8) is 0 Å². The summed E-state index contributed by atoms with van der Waals surface area (Å²) in [6.07, 6.45) is 0.877. The Labute approximate surface area is 105 Å². The SMILES string of the molecule is CC1(CN2CCCC2)C=C(C(F)(F)F)C=C(N)C1. The van der Waals surface area contributed by atoms with Crippen LogP contribution in [0.1, 0.15) is 26.2 Å². The summed E-state index contributed by atoms with van der Waals surface area (Å²) in [6, 6.07) is 0. The van der Waals surface area contributed by atoms with E-state index < -0.39 is 17.2 Å². The first kappa shape index (κ1) is 13.5. The molecule has 0 saturated carbocycles. The lowest BCUT2D eigenvalue weighted by Crippen LogP contribution is -2.36. The van der Waals surface area contributed by atoms with Crippen LogP contribution in [0.4, 0.5) is 13.2 Å². The Morgan fingerprint density at radius 2 is 1.94 bits per heavy atom. The van der Waals surface area contributed by atoms with Crippen molar-refractivity contribution >= 4 is 0 Å². The summed E-state index contributed by atoms with van der Waals surface area (Å²) in [5.41, 5.74) is 4.89. The maximum atomic E-state index is 12.8. The molecular weight excluding hydrogens is 241 g/mol. The van der Waals surface area contributed by atoms with E-state index >= 15 is 0 Å². The van der Waals surface area contributed by atoms with E-state index in [1.807, 2.05) is 6.92 Å². The molecule has 0 aromatic carbocycles. The number of likely N-dealkylation sites (tertiary alicyclic amines) is 1. The third-order valence-corrected chi connectivity index (χ3v) is 3.56. The number of allylic oxidation sites excluding steroid dienone is 3.